The van der Waals surface area contributed by atoms with Gasteiger partial charge in [-0.25, -0.2) is 9.38 Å². The summed E-state index contributed by atoms with van der Waals surface area (Å²) in [5.74, 6) is -0.460. The Morgan fingerprint density at radius 1 is 1.21 bits per heavy atom. The quantitative estimate of drug-likeness (QED) is 0.445. The number of aromatic nitrogens is 2. The Labute approximate surface area is 137 Å². The average molecular weight is 339 g/mol. The van der Waals surface area contributed by atoms with Gasteiger partial charge >= 0.3 is 5.69 Å². The molecule has 8 heteroatoms. The van der Waals surface area contributed by atoms with Crippen molar-refractivity contribution in [3.05, 3.63) is 73.0 Å². The second-order valence-electron chi connectivity index (χ2n) is 5.11. The Morgan fingerprint density at radius 2 is 2.00 bits per heavy atom. The summed E-state index contributed by atoms with van der Waals surface area (Å²) in [7, 11) is 0. The van der Waals surface area contributed by atoms with Crippen LogP contribution in [0.25, 0.3) is 22.1 Å². The van der Waals surface area contributed by atoms with Crippen LogP contribution < -0.4 is 10.1 Å². The lowest BCUT2D eigenvalue weighted by molar-refractivity contribution is -0.385. The Hall–Kier alpha value is -3.26. The number of thiazole rings is 1. The van der Waals surface area contributed by atoms with E-state index in [4.69, 9.17) is 0 Å². The van der Waals surface area contributed by atoms with Gasteiger partial charge < -0.3 is 5.11 Å². The highest BCUT2D eigenvalue weighted by Crippen LogP contribution is 2.29. The van der Waals surface area contributed by atoms with Crippen LogP contribution in [-0.4, -0.2) is 19.4 Å². The summed E-state index contributed by atoms with van der Waals surface area (Å²) in [6.45, 7) is 0. The lowest BCUT2D eigenvalue weighted by Gasteiger charge is -1.98. The molecular weight excluding hydrogens is 330 g/mol. The highest BCUT2D eigenvalue weighted by molar-refractivity contribution is 7.15. The van der Waals surface area contributed by atoms with E-state index < -0.39 is 16.4 Å². The van der Waals surface area contributed by atoms with Crippen LogP contribution in [0.4, 0.5) is 5.69 Å². The van der Waals surface area contributed by atoms with E-state index in [1.165, 1.54) is 40.0 Å². The van der Waals surface area contributed by atoms with Gasteiger partial charge in [0.15, 0.2) is 4.96 Å². The summed E-state index contributed by atoms with van der Waals surface area (Å²) in [6.07, 6.45) is 1.44. The third-order valence-electron chi connectivity index (χ3n) is 3.67. The molecule has 0 spiro atoms. The number of nitro benzene ring substituents is 1. The van der Waals surface area contributed by atoms with Gasteiger partial charge in [-0.05, 0) is 18.2 Å². The van der Waals surface area contributed by atoms with Crippen molar-refractivity contribution in [1.82, 2.24) is 9.38 Å². The molecule has 0 radical (unpaired) electrons. The minimum absolute atomic E-state index is 0.218. The second kappa shape index (κ2) is 5.14. The van der Waals surface area contributed by atoms with Gasteiger partial charge in [0.05, 0.1) is 20.5 Å². The number of hydrogen-bond acceptors (Lipinski definition) is 6. The van der Waals surface area contributed by atoms with E-state index in [1.54, 1.807) is 6.07 Å². The first-order valence-corrected chi connectivity index (χ1v) is 7.76. The summed E-state index contributed by atoms with van der Waals surface area (Å²) in [6, 6.07) is 11.5. The number of para-hydroxylation sites is 3. The van der Waals surface area contributed by atoms with Gasteiger partial charge in [0, 0.05) is 11.6 Å². The van der Waals surface area contributed by atoms with Crippen molar-refractivity contribution >= 4 is 39.1 Å². The summed E-state index contributed by atoms with van der Waals surface area (Å²) in [4.78, 5) is 27.8. The number of phenols is 1. The number of rotatable bonds is 2. The molecule has 0 amide bonds. The van der Waals surface area contributed by atoms with Crippen LogP contribution in [0.2, 0.25) is 0 Å². The van der Waals surface area contributed by atoms with E-state index >= 15 is 0 Å². The molecule has 4 aromatic rings. The van der Waals surface area contributed by atoms with Crippen LogP contribution in [0.15, 0.2) is 47.3 Å². The number of fused-ring (bicyclic) bond motifs is 3. The van der Waals surface area contributed by atoms with Gasteiger partial charge in [-0.15, -0.1) is 0 Å². The van der Waals surface area contributed by atoms with Gasteiger partial charge in [-0.3, -0.25) is 14.9 Å². The molecule has 0 aliphatic rings. The Bertz CT molecular complexity index is 1230. The third kappa shape index (κ3) is 2.04. The molecule has 0 aliphatic carbocycles. The zero-order valence-electron chi connectivity index (χ0n) is 12.0. The molecule has 0 unspecified atom stereocenters. The zero-order valence-corrected chi connectivity index (χ0v) is 12.9. The van der Waals surface area contributed by atoms with Crippen molar-refractivity contribution in [2.45, 2.75) is 0 Å². The molecular formula is C16H9N3O4S. The van der Waals surface area contributed by atoms with Crippen LogP contribution in [-0.2, 0) is 0 Å². The molecule has 0 atom stereocenters. The standard InChI is InChI=1S/C16H9N3O4S/c20-14-9(4-3-7-12(14)19(22)23)8-13-15(21)18-11-6-2-1-5-10(11)17-16(18)24-13/h1-8,20H. The maximum atomic E-state index is 12.6. The van der Waals surface area contributed by atoms with E-state index in [0.717, 1.165) is 5.52 Å². The SMILES string of the molecule is O=c1c(=Cc2cccc([N+](=O)[O-])c2O)sc2nc3ccccc3n12. The van der Waals surface area contributed by atoms with Crippen molar-refractivity contribution in [3.8, 4) is 5.75 Å². The number of nitro groups is 1. The molecule has 1 N–H and O–H groups in total. The minimum atomic E-state index is -0.667. The van der Waals surface area contributed by atoms with Crippen molar-refractivity contribution < 1.29 is 10.0 Å². The maximum absolute atomic E-state index is 12.6. The first-order valence-electron chi connectivity index (χ1n) is 6.94. The molecule has 0 aliphatic heterocycles. The number of nitrogens with zero attached hydrogens (tertiary/aromatic N) is 3. The summed E-state index contributed by atoms with van der Waals surface area (Å²) in [5.41, 5.74) is 0.981. The molecule has 7 nitrogen and oxygen atoms in total. The number of benzene rings is 2. The number of hydrogen-bond donors (Lipinski definition) is 1. The molecule has 0 saturated heterocycles. The Kier molecular flexibility index (Phi) is 3.07. The normalized spacial score (nSPS) is 12.2. The number of imidazole rings is 1. The van der Waals surface area contributed by atoms with Crippen LogP contribution in [0.5, 0.6) is 5.75 Å². The zero-order chi connectivity index (χ0) is 16.8. The van der Waals surface area contributed by atoms with Crippen molar-refractivity contribution in [3.63, 3.8) is 0 Å². The Morgan fingerprint density at radius 3 is 2.79 bits per heavy atom. The van der Waals surface area contributed by atoms with Crippen molar-refractivity contribution in [2.75, 3.05) is 0 Å². The van der Waals surface area contributed by atoms with Gasteiger partial charge in [-0.1, -0.05) is 35.6 Å². The van der Waals surface area contributed by atoms with Gasteiger partial charge in [0.1, 0.15) is 0 Å². The minimum Gasteiger partial charge on any atom is -0.502 e. The topological polar surface area (TPSA) is 97.7 Å². The van der Waals surface area contributed by atoms with E-state index in [2.05, 4.69) is 4.98 Å². The van der Waals surface area contributed by atoms with Crippen LogP contribution >= 0.6 is 11.3 Å². The summed E-state index contributed by atoms with van der Waals surface area (Å²) >= 11 is 1.17. The molecule has 4 rings (SSSR count). The Balaban J connectivity index is 1.99. The number of aromatic hydroxyl groups is 1. The lowest BCUT2D eigenvalue weighted by Crippen LogP contribution is -2.22. The van der Waals surface area contributed by atoms with Crippen LogP contribution in [0.3, 0.4) is 0 Å². The van der Waals surface area contributed by atoms with Gasteiger partial charge in [0.2, 0.25) is 5.75 Å². The molecule has 2 aromatic carbocycles. The van der Waals surface area contributed by atoms with Gasteiger partial charge in [-0.2, -0.15) is 0 Å². The first kappa shape index (κ1) is 14.3. The fourth-order valence-corrected chi connectivity index (χ4v) is 3.54. The molecule has 118 valence electrons. The van der Waals surface area contributed by atoms with Crippen LogP contribution in [0, 0.1) is 10.1 Å². The maximum Gasteiger partial charge on any atom is 0.311 e. The predicted octanol–water partition coefficient (Wildman–Crippen LogP) is 2.07. The van der Waals surface area contributed by atoms with E-state index in [-0.39, 0.29) is 11.1 Å². The van der Waals surface area contributed by atoms with Crippen molar-refractivity contribution in [1.29, 1.82) is 0 Å². The van der Waals surface area contributed by atoms with Gasteiger partial charge in [0.25, 0.3) is 5.56 Å². The molecule has 2 heterocycles. The van der Waals surface area contributed by atoms with E-state index in [9.17, 15) is 20.0 Å². The number of phenolic OH excluding ortho intramolecular Hbond substituents is 1. The smallest absolute Gasteiger partial charge is 0.311 e. The van der Waals surface area contributed by atoms with Crippen LogP contribution in [0.1, 0.15) is 5.56 Å². The average Bonchev–Trinajstić information content (AvgIpc) is 3.06. The first-order chi connectivity index (χ1) is 11.6. The predicted molar refractivity (Wildman–Crippen MR) is 90.4 cm³/mol. The summed E-state index contributed by atoms with van der Waals surface area (Å²) in [5, 5.41) is 20.9. The summed E-state index contributed by atoms with van der Waals surface area (Å²) < 4.78 is 1.85. The molecule has 2 aromatic heterocycles. The molecule has 0 fully saturated rings. The fourth-order valence-electron chi connectivity index (χ4n) is 2.57. The monoisotopic (exact) mass is 339 g/mol. The fraction of sp³-hybridized carbons (Fsp3) is 0. The van der Waals surface area contributed by atoms with E-state index in [0.29, 0.717) is 15.0 Å². The largest absolute Gasteiger partial charge is 0.502 e. The highest BCUT2D eigenvalue weighted by Gasteiger charge is 2.16. The van der Waals surface area contributed by atoms with E-state index in [1.807, 2.05) is 18.2 Å². The third-order valence-corrected chi connectivity index (χ3v) is 4.64. The second-order valence-corrected chi connectivity index (χ2v) is 6.12. The highest BCUT2D eigenvalue weighted by atomic mass is 32.1. The molecule has 0 bridgehead atoms. The molecule has 24 heavy (non-hydrogen) atoms. The lowest BCUT2D eigenvalue weighted by atomic mass is 10.1. The van der Waals surface area contributed by atoms with Crippen molar-refractivity contribution in [2.24, 2.45) is 0 Å². The molecule has 0 saturated carbocycles.